The molecule has 0 saturated carbocycles. The summed E-state index contributed by atoms with van der Waals surface area (Å²) in [5.74, 6) is -0.121. The third-order valence-electron chi connectivity index (χ3n) is 2.38. The van der Waals surface area contributed by atoms with E-state index in [0.717, 1.165) is 11.6 Å². The Kier molecular flexibility index (Phi) is 5.65. The number of esters is 1. The zero-order valence-electron chi connectivity index (χ0n) is 10.6. The molecule has 0 aliphatic carbocycles. The monoisotopic (exact) mass is 362 g/mol. The van der Waals surface area contributed by atoms with Crippen molar-refractivity contribution < 1.29 is 9.53 Å². The van der Waals surface area contributed by atoms with Gasteiger partial charge < -0.3 is 4.74 Å². The molecule has 0 aliphatic heterocycles. The van der Waals surface area contributed by atoms with Crippen molar-refractivity contribution in [2.45, 2.75) is 32.1 Å². The molecule has 0 spiro atoms. The number of rotatable bonds is 5. The molecular weight excluding hydrogens is 343 g/mol. The van der Waals surface area contributed by atoms with Gasteiger partial charge in [0, 0.05) is 11.6 Å². The minimum absolute atomic E-state index is 0.121. The number of carbonyl (C=O) groups is 1. The van der Waals surface area contributed by atoms with Crippen molar-refractivity contribution in [2.75, 3.05) is 6.61 Å². The largest absolute Gasteiger partial charge is 0.466 e. The van der Waals surface area contributed by atoms with Gasteiger partial charge in [-0.2, -0.15) is 0 Å². The molecule has 2 nitrogen and oxygen atoms in total. The zero-order valence-corrected chi connectivity index (χ0v) is 13.8. The topological polar surface area (TPSA) is 26.3 Å². The maximum Gasteiger partial charge on any atom is 0.310 e. The lowest BCUT2D eigenvalue weighted by molar-refractivity contribution is -0.142. The fourth-order valence-corrected chi connectivity index (χ4v) is 2.37. The molecule has 0 radical (unpaired) electrons. The van der Waals surface area contributed by atoms with E-state index in [1.54, 1.807) is 0 Å². The van der Waals surface area contributed by atoms with Crippen LogP contribution in [0.3, 0.4) is 0 Å². The quantitative estimate of drug-likeness (QED) is 0.453. The van der Waals surface area contributed by atoms with Crippen LogP contribution in [-0.2, 0) is 16.0 Å². The van der Waals surface area contributed by atoms with Gasteiger partial charge >= 0.3 is 5.97 Å². The Balaban J connectivity index is 2.32. The van der Waals surface area contributed by atoms with Crippen LogP contribution in [0.2, 0.25) is 25.7 Å². The first-order valence-electron chi connectivity index (χ1n) is 5.77. The van der Waals surface area contributed by atoms with Gasteiger partial charge in [-0.3, -0.25) is 4.79 Å². The first-order valence-corrected chi connectivity index (χ1v) is 10.6. The van der Waals surface area contributed by atoms with Crippen molar-refractivity contribution in [2.24, 2.45) is 0 Å². The number of halogens is 1. The maximum absolute atomic E-state index is 11.6. The highest BCUT2D eigenvalue weighted by atomic mass is 127. The van der Waals surface area contributed by atoms with Crippen LogP contribution >= 0.6 is 22.6 Å². The molecule has 0 bridgehead atoms. The molecule has 4 heteroatoms. The van der Waals surface area contributed by atoms with Crippen LogP contribution in [0.5, 0.6) is 0 Å². The van der Waals surface area contributed by atoms with E-state index in [-0.39, 0.29) is 5.97 Å². The molecule has 1 aromatic rings. The van der Waals surface area contributed by atoms with Gasteiger partial charge in [-0.1, -0.05) is 31.8 Å². The molecule has 0 heterocycles. The van der Waals surface area contributed by atoms with Crippen molar-refractivity contribution >= 4 is 36.6 Å². The Hall–Kier alpha value is -0.363. The first-order chi connectivity index (χ1) is 7.87. The smallest absolute Gasteiger partial charge is 0.310 e. The van der Waals surface area contributed by atoms with Gasteiger partial charge in [0.25, 0.3) is 0 Å². The molecule has 94 valence electrons. The van der Waals surface area contributed by atoms with E-state index < -0.39 is 8.07 Å². The lowest BCUT2D eigenvalue weighted by Gasteiger charge is -2.15. The van der Waals surface area contributed by atoms with Crippen molar-refractivity contribution in [3.63, 3.8) is 0 Å². The second kappa shape index (κ2) is 6.54. The summed E-state index contributed by atoms with van der Waals surface area (Å²) in [5, 5.41) is 0. The summed E-state index contributed by atoms with van der Waals surface area (Å²) in [4.78, 5) is 11.6. The van der Waals surface area contributed by atoms with Gasteiger partial charge in [0.05, 0.1) is 13.0 Å². The van der Waals surface area contributed by atoms with Gasteiger partial charge in [-0.15, -0.1) is 0 Å². The molecule has 0 unspecified atom stereocenters. The summed E-state index contributed by atoms with van der Waals surface area (Å²) >= 11 is 2.25. The highest BCUT2D eigenvalue weighted by molar-refractivity contribution is 14.1. The van der Waals surface area contributed by atoms with Crippen molar-refractivity contribution in [1.82, 2.24) is 0 Å². The average Bonchev–Trinajstić information content (AvgIpc) is 2.19. The van der Waals surface area contributed by atoms with Gasteiger partial charge in [-0.05, 0) is 46.3 Å². The summed E-state index contributed by atoms with van der Waals surface area (Å²) in [5.41, 5.74) is 1.02. The lowest BCUT2D eigenvalue weighted by Crippen LogP contribution is -2.23. The Labute approximate surface area is 118 Å². The van der Waals surface area contributed by atoms with E-state index in [0.29, 0.717) is 13.0 Å². The van der Waals surface area contributed by atoms with Gasteiger partial charge in [-0.25, -0.2) is 0 Å². The average molecular weight is 362 g/mol. The summed E-state index contributed by atoms with van der Waals surface area (Å²) in [6.07, 6.45) is 0.378. The van der Waals surface area contributed by atoms with Gasteiger partial charge in [0.15, 0.2) is 0 Å². The van der Waals surface area contributed by atoms with E-state index in [2.05, 4.69) is 42.2 Å². The van der Waals surface area contributed by atoms with E-state index in [1.165, 1.54) is 3.57 Å². The fourth-order valence-electron chi connectivity index (χ4n) is 1.29. The Morgan fingerprint density at radius 1 is 1.24 bits per heavy atom. The second-order valence-corrected chi connectivity index (χ2v) is 12.2. The number of benzene rings is 1. The third kappa shape index (κ3) is 6.83. The van der Waals surface area contributed by atoms with Gasteiger partial charge in [0.2, 0.25) is 0 Å². The van der Waals surface area contributed by atoms with Crippen LogP contribution in [0.25, 0.3) is 0 Å². The highest BCUT2D eigenvalue weighted by Gasteiger charge is 2.13. The summed E-state index contributed by atoms with van der Waals surface area (Å²) < 4.78 is 6.43. The molecule has 0 amide bonds. The molecule has 1 aromatic carbocycles. The Bertz CT molecular complexity index is 368. The molecule has 0 saturated heterocycles. The van der Waals surface area contributed by atoms with Crippen LogP contribution in [-0.4, -0.2) is 20.7 Å². The third-order valence-corrected chi connectivity index (χ3v) is 4.80. The minimum atomic E-state index is -1.10. The van der Waals surface area contributed by atoms with Crippen molar-refractivity contribution in [1.29, 1.82) is 0 Å². The molecule has 1 rings (SSSR count). The van der Waals surface area contributed by atoms with E-state index >= 15 is 0 Å². The van der Waals surface area contributed by atoms with E-state index in [9.17, 15) is 4.79 Å². The number of ether oxygens (including phenoxy) is 1. The molecule has 0 aromatic heterocycles. The van der Waals surface area contributed by atoms with Crippen molar-refractivity contribution in [3.05, 3.63) is 33.4 Å². The molecule has 0 aliphatic rings. The molecular formula is C13H19IO2Si. The number of hydrogen-bond acceptors (Lipinski definition) is 2. The van der Waals surface area contributed by atoms with Crippen LogP contribution in [0, 0.1) is 3.57 Å². The van der Waals surface area contributed by atoms with Crippen LogP contribution < -0.4 is 0 Å². The Morgan fingerprint density at radius 3 is 2.35 bits per heavy atom. The van der Waals surface area contributed by atoms with Gasteiger partial charge in [0.1, 0.15) is 0 Å². The van der Waals surface area contributed by atoms with Crippen molar-refractivity contribution in [3.8, 4) is 0 Å². The normalized spacial score (nSPS) is 11.3. The minimum Gasteiger partial charge on any atom is -0.466 e. The molecule has 0 fully saturated rings. The molecule has 0 N–H and O–H groups in total. The number of carbonyl (C=O) groups excluding carboxylic acids is 1. The van der Waals surface area contributed by atoms with E-state index in [1.807, 2.05) is 24.3 Å². The summed E-state index contributed by atoms with van der Waals surface area (Å²) in [7, 11) is -1.10. The van der Waals surface area contributed by atoms with Crippen LogP contribution in [0.1, 0.15) is 5.56 Å². The predicted molar refractivity (Wildman–Crippen MR) is 82.0 cm³/mol. The molecule has 0 atom stereocenters. The zero-order chi connectivity index (χ0) is 12.9. The van der Waals surface area contributed by atoms with Crippen LogP contribution in [0.4, 0.5) is 0 Å². The maximum atomic E-state index is 11.6. The fraction of sp³-hybridized carbons (Fsp3) is 0.462. The summed E-state index contributed by atoms with van der Waals surface area (Å²) in [6, 6.07) is 8.99. The Morgan fingerprint density at radius 2 is 1.82 bits per heavy atom. The van der Waals surface area contributed by atoms with E-state index in [4.69, 9.17) is 4.74 Å². The second-order valence-electron chi connectivity index (χ2n) is 5.33. The standard InChI is InChI=1S/C13H19IO2Si/c1-17(2,3)9-8-16-13(15)10-11-4-6-12(14)7-5-11/h4-7H,8-10H2,1-3H3. The molecule has 17 heavy (non-hydrogen) atoms. The SMILES string of the molecule is C[Si](C)(C)CCOC(=O)Cc1ccc(I)cc1. The lowest BCUT2D eigenvalue weighted by atomic mass is 10.2. The highest BCUT2D eigenvalue weighted by Crippen LogP contribution is 2.10. The number of hydrogen-bond donors (Lipinski definition) is 0. The van der Waals surface area contributed by atoms with Crippen LogP contribution in [0.15, 0.2) is 24.3 Å². The first kappa shape index (κ1) is 14.7. The summed E-state index contributed by atoms with van der Waals surface area (Å²) in [6.45, 7) is 7.40. The predicted octanol–water partition coefficient (Wildman–Crippen LogP) is 3.72.